The molecule has 1 heterocycles. The first-order valence-electron chi connectivity index (χ1n) is 7.65. The lowest BCUT2D eigenvalue weighted by Gasteiger charge is -2.25. The minimum atomic E-state index is 0.119. The highest BCUT2D eigenvalue weighted by molar-refractivity contribution is 5.81. The lowest BCUT2D eigenvalue weighted by atomic mass is 10.2. The van der Waals surface area contributed by atoms with Crippen molar-refractivity contribution in [1.82, 2.24) is 14.9 Å². The zero-order valence-electron chi connectivity index (χ0n) is 13.8. The summed E-state index contributed by atoms with van der Waals surface area (Å²) in [6.45, 7) is 10.7. The van der Waals surface area contributed by atoms with E-state index < -0.39 is 0 Å². The van der Waals surface area contributed by atoms with Crippen molar-refractivity contribution < 1.29 is 4.79 Å². The number of carbonyl (C=O) groups is 1. The monoisotopic (exact) mass is 293 g/mol. The number of nitrogens with one attached hydrogen (secondary N) is 1. The molecule has 0 bridgehead atoms. The van der Waals surface area contributed by atoms with Crippen LogP contribution in [-0.4, -0.2) is 54.0 Å². The first-order valence-corrected chi connectivity index (χ1v) is 7.65. The number of likely N-dealkylation sites (N-methyl/N-ethyl adjacent to an activating group) is 2. The smallest absolute Gasteiger partial charge is 0.242 e. The van der Waals surface area contributed by atoms with Crippen LogP contribution in [0.5, 0.6) is 0 Å². The van der Waals surface area contributed by atoms with E-state index in [-0.39, 0.29) is 5.91 Å². The van der Waals surface area contributed by atoms with Gasteiger partial charge in [-0.15, -0.1) is 0 Å². The molecule has 0 saturated heterocycles. The molecule has 1 aromatic rings. The van der Waals surface area contributed by atoms with Gasteiger partial charge in [0.25, 0.3) is 0 Å². The summed E-state index contributed by atoms with van der Waals surface area (Å²) in [7, 11) is 1.90. The fraction of sp³-hybridized carbons (Fsp3) is 0.667. The molecular formula is C15H27N5O. The van der Waals surface area contributed by atoms with E-state index >= 15 is 0 Å². The maximum atomic E-state index is 12.2. The highest BCUT2D eigenvalue weighted by atomic mass is 16.2. The fourth-order valence-electron chi connectivity index (χ4n) is 2.33. The molecule has 0 aliphatic rings. The molecule has 1 N–H and O–H groups in total. The minimum absolute atomic E-state index is 0.119. The molecule has 118 valence electrons. The molecule has 0 saturated carbocycles. The molecule has 0 unspecified atom stereocenters. The Kier molecular flexibility index (Phi) is 6.91. The topological polar surface area (TPSA) is 61.4 Å². The van der Waals surface area contributed by atoms with Crippen LogP contribution in [0.3, 0.4) is 0 Å². The zero-order valence-corrected chi connectivity index (χ0v) is 13.8. The summed E-state index contributed by atoms with van der Waals surface area (Å²) in [5.74, 6) is 1.80. The number of hydrogen-bond acceptors (Lipinski definition) is 5. The second-order valence-corrected chi connectivity index (χ2v) is 4.83. The summed E-state index contributed by atoms with van der Waals surface area (Å²) in [6.07, 6.45) is 2.37. The Bertz CT molecular complexity index is 459. The maximum absolute atomic E-state index is 12.2. The Morgan fingerprint density at radius 3 is 2.38 bits per heavy atom. The van der Waals surface area contributed by atoms with E-state index in [4.69, 9.17) is 0 Å². The second kappa shape index (κ2) is 8.44. The summed E-state index contributed by atoms with van der Waals surface area (Å²) in [4.78, 5) is 24.6. The van der Waals surface area contributed by atoms with E-state index in [1.165, 1.54) is 0 Å². The standard InChI is InChI=1S/C15H27N5O/c1-6-12-14(16-7-2)17-11-18-15(12)19(5)10-13(21)20(8-3)9-4/h11H,6-10H2,1-5H3,(H,16,17,18). The maximum Gasteiger partial charge on any atom is 0.242 e. The molecule has 1 rings (SSSR count). The first kappa shape index (κ1) is 17.2. The number of aromatic nitrogens is 2. The van der Waals surface area contributed by atoms with Gasteiger partial charge in [-0.1, -0.05) is 6.92 Å². The van der Waals surface area contributed by atoms with E-state index in [0.29, 0.717) is 6.54 Å². The number of hydrogen-bond donors (Lipinski definition) is 1. The largest absolute Gasteiger partial charge is 0.370 e. The van der Waals surface area contributed by atoms with Crippen LogP contribution in [0.2, 0.25) is 0 Å². The van der Waals surface area contributed by atoms with Crippen molar-refractivity contribution in [2.24, 2.45) is 0 Å². The fourth-order valence-corrected chi connectivity index (χ4v) is 2.33. The summed E-state index contributed by atoms with van der Waals surface area (Å²) < 4.78 is 0. The quantitative estimate of drug-likeness (QED) is 0.791. The van der Waals surface area contributed by atoms with Gasteiger partial charge in [0.05, 0.1) is 6.54 Å². The van der Waals surface area contributed by atoms with Gasteiger partial charge in [0.15, 0.2) is 0 Å². The van der Waals surface area contributed by atoms with Gasteiger partial charge in [0.2, 0.25) is 5.91 Å². The van der Waals surface area contributed by atoms with Crippen LogP contribution < -0.4 is 10.2 Å². The zero-order chi connectivity index (χ0) is 15.8. The molecular weight excluding hydrogens is 266 g/mol. The van der Waals surface area contributed by atoms with Crippen molar-refractivity contribution in [3.8, 4) is 0 Å². The molecule has 1 amide bonds. The van der Waals surface area contributed by atoms with Crippen LogP contribution in [0, 0.1) is 0 Å². The van der Waals surface area contributed by atoms with Crippen LogP contribution in [-0.2, 0) is 11.2 Å². The van der Waals surface area contributed by atoms with Gasteiger partial charge >= 0.3 is 0 Å². The summed E-state index contributed by atoms with van der Waals surface area (Å²) in [5, 5.41) is 3.25. The SMILES string of the molecule is CCNc1ncnc(N(C)CC(=O)N(CC)CC)c1CC. The normalized spacial score (nSPS) is 10.3. The highest BCUT2D eigenvalue weighted by Gasteiger charge is 2.17. The Hall–Kier alpha value is -1.85. The van der Waals surface area contributed by atoms with Crippen molar-refractivity contribution in [1.29, 1.82) is 0 Å². The molecule has 6 nitrogen and oxygen atoms in total. The molecule has 0 aliphatic carbocycles. The minimum Gasteiger partial charge on any atom is -0.370 e. The number of anilines is 2. The van der Waals surface area contributed by atoms with Crippen molar-refractivity contribution >= 4 is 17.5 Å². The van der Waals surface area contributed by atoms with Gasteiger partial charge in [-0.2, -0.15) is 0 Å². The molecule has 0 radical (unpaired) electrons. The van der Waals surface area contributed by atoms with Gasteiger partial charge in [-0.05, 0) is 27.2 Å². The van der Waals surface area contributed by atoms with E-state index in [0.717, 1.165) is 43.3 Å². The summed E-state index contributed by atoms with van der Waals surface area (Å²) in [5.41, 5.74) is 1.05. The predicted molar refractivity (Wildman–Crippen MR) is 86.8 cm³/mol. The molecule has 0 fully saturated rings. The summed E-state index contributed by atoms with van der Waals surface area (Å²) >= 11 is 0. The van der Waals surface area contributed by atoms with Gasteiger partial charge in [0, 0.05) is 32.2 Å². The molecule has 1 aromatic heterocycles. The molecule has 21 heavy (non-hydrogen) atoms. The highest BCUT2D eigenvalue weighted by Crippen LogP contribution is 2.23. The van der Waals surface area contributed by atoms with E-state index in [2.05, 4.69) is 22.2 Å². The third-order valence-corrected chi connectivity index (χ3v) is 3.47. The lowest BCUT2D eigenvalue weighted by Crippen LogP contribution is -2.39. The van der Waals surface area contributed by atoms with Crippen molar-refractivity contribution in [2.75, 3.05) is 43.4 Å². The van der Waals surface area contributed by atoms with E-state index in [1.807, 2.05) is 37.6 Å². The van der Waals surface area contributed by atoms with Crippen LogP contribution in [0.15, 0.2) is 6.33 Å². The van der Waals surface area contributed by atoms with Crippen molar-refractivity contribution in [3.05, 3.63) is 11.9 Å². The molecule has 0 aromatic carbocycles. The predicted octanol–water partition coefficient (Wildman–Crippen LogP) is 1.78. The molecule has 6 heteroatoms. The Balaban J connectivity index is 2.94. The number of amides is 1. The molecule has 0 aliphatic heterocycles. The van der Waals surface area contributed by atoms with E-state index in [9.17, 15) is 4.79 Å². The average molecular weight is 293 g/mol. The van der Waals surface area contributed by atoms with Gasteiger partial charge in [-0.3, -0.25) is 4.79 Å². The number of nitrogens with zero attached hydrogens (tertiary/aromatic N) is 4. The van der Waals surface area contributed by atoms with Crippen LogP contribution in [0.1, 0.15) is 33.3 Å². The average Bonchev–Trinajstić information content (AvgIpc) is 2.48. The van der Waals surface area contributed by atoms with Crippen molar-refractivity contribution in [2.45, 2.75) is 34.1 Å². The Morgan fingerprint density at radius 1 is 1.19 bits per heavy atom. The second-order valence-electron chi connectivity index (χ2n) is 4.83. The van der Waals surface area contributed by atoms with Gasteiger partial charge in [-0.25, -0.2) is 9.97 Å². The Morgan fingerprint density at radius 2 is 1.86 bits per heavy atom. The van der Waals surface area contributed by atoms with Gasteiger partial charge in [0.1, 0.15) is 18.0 Å². The number of carbonyl (C=O) groups excluding carboxylic acids is 1. The van der Waals surface area contributed by atoms with Crippen molar-refractivity contribution in [3.63, 3.8) is 0 Å². The van der Waals surface area contributed by atoms with Crippen LogP contribution in [0.25, 0.3) is 0 Å². The molecule has 0 atom stereocenters. The van der Waals surface area contributed by atoms with Crippen LogP contribution >= 0.6 is 0 Å². The first-order chi connectivity index (χ1) is 10.1. The summed E-state index contributed by atoms with van der Waals surface area (Å²) in [6, 6.07) is 0. The van der Waals surface area contributed by atoms with E-state index in [1.54, 1.807) is 6.33 Å². The third kappa shape index (κ3) is 4.31. The molecule has 0 spiro atoms. The third-order valence-electron chi connectivity index (χ3n) is 3.47. The Labute approximate surface area is 127 Å². The lowest BCUT2D eigenvalue weighted by molar-refractivity contribution is -0.129. The van der Waals surface area contributed by atoms with Gasteiger partial charge < -0.3 is 15.1 Å². The van der Waals surface area contributed by atoms with Crippen LogP contribution in [0.4, 0.5) is 11.6 Å². The number of rotatable bonds is 8.